The first kappa shape index (κ1) is 15.6. The molecule has 110 valence electrons. The van der Waals surface area contributed by atoms with E-state index in [0.717, 1.165) is 16.2 Å². The van der Waals surface area contributed by atoms with E-state index in [1.54, 1.807) is 11.3 Å². The maximum Gasteiger partial charge on any atom is 0.124 e. The van der Waals surface area contributed by atoms with Crippen molar-refractivity contribution in [1.82, 2.24) is 0 Å². The molecule has 0 aliphatic heterocycles. The van der Waals surface area contributed by atoms with Crippen LogP contribution in [0, 0.1) is 11.8 Å². The normalized spacial score (nSPS) is 10.9. The molecule has 2 rings (SSSR count). The Hall–Kier alpha value is -1.76. The highest BCUT2D eigenvalue weighted by Crippen LogP contribution is 2.31. The number of ether oxygens (including phenoxy) is 1. The molecule has 2 nitrogen and oxygen atoms in total. The summed E-state index contributed by atoms with van der Waals surface area (Å²) in [6.07, 6.45) is 0. The molecule has 0 bridgehead atoms. The molecule has 1 heterocycles. The van der Waals surface area contributed by atoms with Gasteiger partial charge in [0.15, 0.2) is 0 Å². The van der Waals surface area contributed by atoms with Crippen molar-refractivity contribution in [2.45, 2.75) is 32.8 Å². The van der Waals surface area contributed by atoms with Crippen molar-refractivity contribution < 1.29 is 4.74 Å². The minimum Gasteiger partial charge on any atom is -0.488 e. The summed E-state index contributed by atoms with van der Waals surface area (Å²) in [6.45, 7) is 7.50. The molecule has 0 saturated heterocycles. The smallest absolute Gasteiger partial charge is 0.124 e. The van der Waals surface area contributed by atoms with Crippen molar-refractivity contribution in [2.75, 3.05) is 6.54 Å². The Balaban J connectivity index is 2.16. The van der Waals surface area contributed by atoms with Gasteiger partial charge in [-0.25, -0.2) is 0 Å². The summed E-state index contributed by atoms with van der Waals surface area (Å²) in [5.74, 6) is 6.92. The van der Waals surface area contributed by atoms with E-state index in [1.807, 2.05) is 23.6 Å². The Morgan fingerprint density at radius 3 is 2.67 bits per heavy atom. The zero-order valence-electron chi connectivity index (χ0n) is 12.8. The second kappa shape index (κ2) is 6.80. The molecule has 0 unspecified atom stereocenters. The SMILES string of the molecule is CC(C)(C)c1ccccc1OCc1sccc1C#CCN. The molecule has 1 aromatic carbocycles. The lowest BCUT2D eigenvalue weighted by Crippen LogP contribution is -2.13. The van der Waals surface area contributed by atoms with Crippen molar-refractivity contribution in [3.8, 4) is 17.6 Å². The van der Waals surface area contributed by atoms with Crippen LogP contribution in [0.2, 0.25) is 0 Å². The summed E-state index contributed by atoms with van der Waals surface area (Å²) in [5.41, 5.74) is 7.72. The molecule has 1 aromatic heterocycles. The van der Waals surface area contributed by atoms with E-state index in [9.17, 15) is 0 Å². The first-order chi connectivity index (χ1) is 10.0. The number of para-hydroxylation sites is 1. The summed E-state index contributed by atoms with van der Waals surface area (Å²) in [7, 11) is 0. The number of hydrogen-bond acceptors (Lipinski definition) is 3. The number of rotatable bonds is 3. The molecule has 0 saturated carbocycles. The fourth-order valence-corrected chi connectivity index (χ4v) is 2.81. The van der Waals surface area contributed by atoms with E-state index in [0.29, 0.717) is 13.2 Å². The third kappa shape index (κ3) is 4.10. The fraction of sp³-hybridized carbons (Fsp3) is 0.333. The average molecular weight is 299 g/mol. The van der Waals surface area contributed by atoms with Gasteiger partial charge in [0, 0.05) is 5.56 Å². The Labute approximate surface area is 131 Å². The van der Waals surface area contributed by atoms with E-state index < -0.39 is 0 Å². The highest BCUT2D eigenvalue weighted by molar-refractivity contribution is 7.10. The van der Waals surface area contributed by atoms with Crippen LogP contribution >= 0.6 is 11.3 Å². The van der Waals surface area contributed by atoms with Crippen LogP contribution in [0.1, 0.15) is 36.8 Å². The number of hydrogen-bond donors (Lipinski definition) is 1. The average Bonchev–Trinajstić information content (AvgIpc) is 2.89. The van der Waals surface area contributed by atoms with Gasteiger partial charge in [-0.3, -0.25) is 0 Å². The van der Waals surface area contributed by atoms with Crippen LogP contribution in [-0.2, 0) is 12.0 Å². The molecule has 0 amide bonds. The van der Waals surface area contributed by atoms with Crippen LogP contribution < -0.4 is 10.5 Å². The minimum atomic E-state index is 0.0637. The van der Waals surface area contributed by atoms with Gasteiger partial charge >= 0.3 is 0 Å². The van der Waals surface area contributed by atoms with Gasteiger partial charge in [-0.15, -0.1) is 11.3 Å². The zero-order valence-corrected chi connectivity index (χ0v) is 13.6. The Morgan fingerprint density at radius 1 is 1.19 bits per heavy atom. The Bertz CT molecular complexity index is 656. The quantitative estimate of drug-likeness (QED) is 0.871. The topological polar surface area (TPSA) is 35.2 Å². The lowest BCUT2D eigenvalue weighted by atomic mass is 9.86. The predicted octanol–water partition coefficient (Wildman–Crippen LogP) is 3.93. The first-order valence-corrected chi connectivity index (χ1v) is 7.88. The van der Waals surface area contributed by atoms with Gasteiger partial charge in [-0.1, -0.05) is 50.8 Å². The van der Waals surface area contributed by atoms with Crippen molar-refractivity contribution in [3.05, 3.63) is 51.7 Å². The third-order valence-electron chi connectivity index (χ3n) is 3.12. The Kier molecular flexibility index (Phi) is 5.06. The molecule has 0 aliphatic rings. The van der Waals surface area contributed by atoms with Gasteiger partial charge in [0.1, 0.15) is 12.4 Å². The van der Waals surface area contributed by atoms with Gasteiger partial charge in [0.05, 0.1) is 11.4 Å². The highest BCUT2D eigenvalue weighted by atomic mass is 32.1. The van der Waals surface area contributed by atoms with Crippen LogP contribution in [0.25, 0.3) is 0 Å². The van der Waals surface area contributed by atoms with Crippen molar-refractivity contribution in [3.63, 3.8) is 0 Å². The van der Waals surface area contributed by atoms with Crippen molar-refractivity contribution >= 4 is 11.3 Å². The van der Waals surface area contributed by atoms with Gasteiger partial charge in [0.2, 0.25) is 0 Å². The summed E-state index contributed by atoms with van der Waals surface area (Å²) in [5, 5.41) is 2.04. The highest BCUT2D eigenvalue weighted by Gasteiger charge is 2.18. The van der Waals surface area contributed by atoms with E-state index >= 15 is 0 Å². The minimum absolute atomic E-state index is 0.0637. The molecule has 0 radical (unpaired) electrons. The molecule has 0 atom stereocenters. The van der Waals surface area contributed by atoms with Crippen LogP contribution in [-0.4, -0.2) is 6.54 Å². The van der Waals surface area contributed by atoms with Gasteiger partial charge in [0.25, 0.3) is 0 Å². The molecule has 3 heteroatoms. The number of thiophene rings is 1. The van der Waals surface area contributed by atoms with Crippen LogP contribution in [0.3, 0.4) is 0 Å². The second-order valence-electron chi connectivity index (χ2n) is 5.80. The van der Waals surface area contributed by atoms with Crippen LogP contribution in [0.4, 0.5) is 0 Å². The van der Waals surface area contributed by atoms with E-state index in [1.165, 1.54) is 5.56 Å². The summed E-state index contributed by atoms with van der Waals surface area (Å²) < 4.78 is 6.04. The van der Waals surface area contributed by atoms with E-state index in [4.69, 9.17) is 10.5 Å². The monoisotopic (exact) mass is 299 g/mol. The molecular formula is C18H21NOS. The van der Waals surface area contributed by atoms with Crippen LogP contribution in [0.15, 0.2) is 35.7 Å². The predicted molar refractivity (Wildman–Crippen MR) is 89.7 cm³/mol. The van der Waals surface area contributed by atoms with Gasteiger partial charge < -0.3 is 10.5 Å². The summed E-state index contributed by atoms with van der Waals surface area (Å²) in [6, 6.07) is 10.2. The van der Waals surface area contributed by atoms with Crippen LogP contribution in [0.5, 0.6) is 5.75 Å². The Morgan fingerprint density at radius 2 is 1.95 bits per heavy atom. The van der Waals surface area contributed by atoms with Crippen molar-refractivity contribution in [1.29, 1.82) is 0 Å². The maximum absolute atomic E-state index is 6.04. The zero-order chi connectivity index (χ0) is 15.3. The molecule has 0 spiro atoms. The van der Waals surface area contributed by atoms with Gasteiger partial charge in [-0.05, 0) is 28.5 Å². The standard InChI is InChI=1S/C18H21NOS/c1-18(2,3)15-8-4-5-9-16(15)20-13-17-14(7-6-11-19)10-12-21-17/h4-5,8-10,12H,11,13,19H2,1-3H3. The molecule has 2 N–H and O–H groups in total. The van der Waals surface area contributed by atoms with E-state index in [-0.39, 0.29) is 5.41 Å². The van der Waals surface area contributed by atoms with E-state index in [2.05, 4.69) is 44.7 Å². The fourth-order valence-electron chi connectivity index (χ4n) is 2.07. The van der Waals surface area contributed by atoms with Gasteiger partial charge in [-0.2, -0.15) is 0 Å². The number of nitrogens with two attached hydrogens (primary N) is 1. The lowest BCUT2D eigenvalue weighted by molar-refractivity contribution is 0.300. The molecule has 2 aromatic rings. The maximum atomic E-state index is 6.04. The number of benzene rings is 1. The summed E-state index contributed by atoms with van der Waals surface area (Å²) in [4.78, 5) is 1.14. The summed E-state index contributed by atoms with van der Waals surface area (Å²) >= 11 is 1.66. The van der Waals surface area contributed by atoms with Crippen molar-refractivity contribution in [2.24, 2.45) is 5.73 Å². The lowest BCUT2D eigenvalue weighted by Gasteiger charge is -2.22. The molecule has 0 aliphatic carbocycles. The first-order valence-electron chi connectivity index (χ1n) is 7.00. The molecular weight excluding hydrogens is 278 g/mol. The second-order valence-corrected chi connectivity index (χ2v) is 6.80. The largest absolute Gasteiger partial charge is 0.488 e. The third-order valence-corrected chi connectivity index (χ3v) is 4.02. The molecule has 21 heavy (non-hydrogen) atoms. The molecule has 0 fully saturated rings.